The average Bonchev–Trinajstić information content (AvgIpc) is 2.69. The van der Waals surface area contributed by atoms with Crippen LogP contribution in [0.3, 0.4) is 0 Å². The second-order valence-corrected chi connectivity index (χ2v) is 7.81. The minimum atomic E-state index is -0.896. The van der Waals surface area contributed by atoms with Crippen molar-refractivity contribution in [1.82, 2.24) is 15.5 Å². The van der Waals surface area contributed by atoms with Crippen LogP contribution in [0.2, 0.25) is 0 Å². The third-order valence-corrected chi connectivity index (χ3v) is 4.24. The van der Waals surface area contributed by atoms with E-state index in [1.807, 2.05) is 6.92 Å². The summed E-state index contributed by atoms with van der Waals surface area (Å²) in [6.45, 7) is 9.49. The smallest absolute Gasteiger partial charge is 0.408 e. The fraction of sp³-hybridized carbons (Fsp3) is 0.522. The molecule has 0 aliphatic rings. The van der Waals surface area contributed by atoms with E-state index in [2.05, 4.69) is 16.6 Å². The summed E-state index contributed by atoms with van der Waals surface area (Å²) in [5, 5.41) is 5.34. The maximum atomic E-state index is 13.0. The first kappa shape index (κ1) is 25.0. The molecule has 30 heavy (non-hydrogen) atoms. The highest BCUT2D eigenvalue weighted by molar-refractivity contribution is 5.90. The molecule has 1 atom stereocenters. The molecule has 1 aromatic carbocycles. The van der Waals surface area contributed by atoms with Crippen LogP contribution in [0.4, 0.5) is 4.79 Å². The normalized spacial score (nSPS) is 11.7. The molecule has 0 fully saturated rings. The number of amides is 3. The van der Waals surface area contributed by atoms with Crippen molar-refractivity contribution >= 4 is 17.9 Å². The van der Waals surface area contributed by atoms with Crippen LogP contribution in [-0.4, -0.2) is 48.0 Å². The molecule has 164 valence electrons. The molecule has 2 N–H and O–H groups in total. The van der Waals surface area contributed by atoms with E-state index in [4.69, 9.17) is 11.2 Å². The van der Waals surface area contributed by atoms with E-state index in [1.54, 1.807) is 52.0 Å². The minimum absolute atomic E-state index is 0.263. The number of terminal acetylenes is 1. The van der Waals surface area contributed by atoms with Crippen LogP contribution in [0, 0.1) is 12.3 Å². The SMILES string of the molecule is C#Cc1ccccc1C(C(=O)NCCCC)N(CC)C(=O)CNC(=O)OC(C)(C)C. The lowest BCUT2D eigenvalue weighted by atomic mass is 9.98. The number of hydrogen-bond acceptors (Lipinski definition) is 4. The number of ether oxygens (including phenoxy) is 1. The van der Waals surface area contributed by atoms with Crippen molar-refractivity contribution in [3.63, 3.8) is 0 Å². The van der Waals surface area contributed by atoms with Crippen LogP contribution in [-0.2, 0) is 14.3 Å². The van der Waals surface area contributed by atoms with Crippen LogP contribution in [0.5, 0.6) is 0 Å². The molecular formula is C23H33N3O4. The molecule has 1 unspecified atom stereocenters. The molecule has 0 radical (unpaired) electrons. The van der Waals surface area contributed by atoms with E-state index in [1.165, 1.54) is 4.90 Å². The predicted molar refractivity (Wildman–Crippen MR) is 117 cm³/mol. The number of alkyl carbamates (subject to hydrolysis) is 1. The van der Waals surface area contributed by atoms with Gasteiger partial charge in [0.2, 0.25) is 11.8 Å². The van der Waals surface area contributed by atoms with Gasteiger partial charge in [-0.15, -0.1) is 6.42 Å². The highest BCUT2D eigenvalue weighted by Crippen LogP contribution is 2.24. The molecule has 0 saturated carbocycles. The van der Waals surface area contributed by atoms with Gasteiger partial charge in [0, 0.05) is 18.7 Å². The van der Waals surface area contributed by atoms with Crippen LogP contribution in [0.1, 0.15) is 64.6 Å². The Hall–Kier alpha value is -3.01. The summed E-state index contributed by atoms with van der Waals surface area (Å²) >= 11 is 0. The molecule has 0 saturated heterocycles. The maximum absolute atomic E-state index is 13.0. The van der Waals surface area contributed by atoms with Gasteiger partial charge in [-0.25, -0.2) is 4.79 Å². The molecule has 0 aliphatic carbocycles. The van der Waals surface area contributed by atoms with E-state index in [-0.39, 0.29) is 19.0 Å². The monoisotopic (exact) mass is 415 g/mol. The maximum Gasteiger partial charge on any atom is 0.408 e. The summed E-state index contributed by atoms with van der Waals surface area (Å²) in [5.41, 5.74) is 0.436. The molecule has 7 nitrogen and oxygen atoms in total. The summed E-state index contributed by atoms with van der Waals surface area (Å²) in [4.78, 5) is 39.3. The van der Waals surface area contributed by atoms with Crippen molar-refractivity contribution in [1.29, 1.82) is 0 Å². The molecule has 1 aromatic rings. The first-order chi connectivity index (χ1) is 14.1. The number of nitrogens with one attached hydrogen (secondary N) is 2. The van der Waals surface area contributed by atoms with Crippen molar-refractivity contribution in [2.45, 2.75) is 59.1 Å². The summed E-state index contributed by atoms with van der Waals surface area (Å²) < 4.78 is 5.17. The molecule has 1 rings (SSSR count). The second-order valence-electron chi connectivity index (χ2n) is 7.81. The Bertz CT molecular complexity index is 777. The number of carbonyl (C=O) groups is 3. The van der Waals surface area contributed by atoms with E-state index in [9.17, 15) is 14.4 Å². The first-order valence-corrected chi connectivity index (χ1v) is 10.2. The van der Waals surface area contributed by atoms with Gasteiger partial charge in [0.05, 0.1) is 0 Å². The molecule has 0 bridgehead atoms. The van der Waals surface area contributed by atoms with Crippen LogP contribution in [0.25, 0.3) is 0 Å². The zero-order valence-corrected chi connectivity index (χ0v) is 18.6. The molecule has 0 aromatic heterocycles. The standard InChI is InChI=1S/C23H33N3O4/c1-7-10-15-24-21(28)20(18-14-12-11-13-17(18)8-2)26(9-3)19(27)16-25-22(29)30-23(4,5)6/h2,11-14,20H,7,9-10,15-16H2,1,3-6H3,(H,24,28)(H,25,29). The summed E-state index contributed by atoms with van der Waals surface area (Å²) in [6.07, 6.45) is 6.69. The number of likely N-dealkylation sites (N-methyl/N-ethyl adjacent to an activating group) is 1. The lowest BCUT2D eigenvalue weighted by Gasteiger charge is -2.31. The molecule has 0 spiro atoms. The Morgan fingerprint density at radius 1 is 1.17 bits per heavy atom. The van der Waals surface area contributed by atoms with Gasteiger partial charge in [0.1, 0.15) is 18.2 Å². The van der Waals surface area contributed by atoms with Crippen LogP contribution < -0.4 is 10.6 Å². The lowest BCUT2D eigenvalue weighted by Crippen LogP contribution is -2.48. The van der Waals surface area contributed by atoms with Gasteiger partial charge in [-0.05, 0) is 45.7 Å². The average molecular weight is 416 g/mol. The Morgan fingerprint density at radius 2 is 1.83 bits per heavy atom. The van der Waals surface area contributed by atoms with E-state index >= 15 is 0 Å². The van der Waals surface area contributed by atoms with Gasteiger partial charge in [-0.1, -0.05) is 37.5 Å². The number of unbranched alkanes of at least 4 members (excludes halogenated alkanes) is 1. The van der Waals surface area contributed by atoms with Crippen molar-refractivity contribution in [3.05, 3.63) is 35.4 Å². The number of benzene rings is 1. The fourth-order valence-corrected chi connectivity index (χ4v) is 2.87. The van der Waals surface area contributed by atoms with Crippen molar-refractivity contribution in [2.75, 3.05) is 19.6 Å². The van der Waals surface area contributed by atoms with Gasteiger partial charge in [-0.2, -0.15) is 0 Å². The molecule has 7 heteroatoms. The summed E-state index contributed by atoms with van der Waals surface area (Å²) in [7, 11) is 0. The first-order valence-electron chi connectivity index (χ1n) is 10.2. The Kier molecular flexibility index (Phi) is 9.90. The largest absolute Gasteiger partial charge is 0.444 e. The molecular weight excluding hydrogens is 382 g/mol. The third-order valence-electron chi connectivity index (χ3n) is 4.24. The number of carbonyl (C=O) groups excluding carboxylic acids is 3. The Labute approximate surface area is 179 Å². The van der Waals surface area contributed by atoms with Gasteiger partial charge >= 0.3 is 6.09 Å². The van der Waals surface area contributed by atoms with E-state index < -0.39 is 23.6 Å². The van der Waals surface area contributed by atoms with Gasteiger partial charge in [0.25, 0.3) is 0 Å². The topological polar surface area (TPSA) is 87.7 Å². The Balaban J connectivity index is 3.10. The summed E-state index contributed by atoms with van der Waals surface area (Å²) in [6, 6.07) is 6.15. The van der Waals surface area contributed by atoms with Crippen molar-refractivity contribution < 1.29 is 19.1 Å². The number of rotatable bonds is 9. The van der Waals surface area contributed by atoms with Gasteiger partial charge in [0.15, 0.2) is 0 Å². The van der Waals surface area contributed by atoms with E-state index in [0.29, 0.717) is 17.7 Å². The molecule has 3 amide bonds. The zero-order chi connectivity index (χ0) is 22.7. The number of nitrogens with zero attached hydrogens (tertiary/aromatic N) is 1. The zero-order valence-electron chi connectivity index (χ0n) is 18.6. The van der Waals surface area contributed by atoms with Gasteiger partial charge in [-0.3, -0.25) is 9.59 Å². The second kappa shape index (κ2) is 11.9. The lowest BCUT2D eigenvalue weighted by molar-refractivity contribution is -0.140. The highest BCUT2D eigenvalue weighted by atomic mass is 16.6. The molecule has 0 aliphatic heterocycles. The minimum Gasteiger partial charge on any atom is -0.444 e. The Morgan fingerprint density at radius 3 is 2.40 bits per heavy atom. The van der Waals surface area contributed by atoms with Gasteiger partial charge < -0.3 is 20.3 Å². The number of hydrogen-bond donors (Lipinski definition) is 2. The van der Waals surface area contributed by atoms with E-state index in [0.717, 1.165) is 12.8 Å². The highest BCUT2D eigenvalue weighted by Gasteiger charge is 2.32. The molecule has 0 heterocycles. The third kappa shape index (κ3) is 7.78. The fourth-order valence-electron chi connectivity index (χ4n) is 2.87. The van der Waals surface area contributed by atoms with Crippen LogP contribution in [0.15, 0.2) is 24.3 Å². The van der Waals surface area contributed by atoms with Crippen molar-refractivity contribution in [3.8, 4) is 12.3 Å². The predicted octanol–water partition coefficient (Wildman–Crippen LogP) is 3.00. The quantitative estimate of drug-likeness (QED) is 0.479. The van der Waals surface area contributed by atoms with Crippen LogP contribution >= 0.6 is 0 Å². The van der Waals surface area contributed by atoms with Crippen molar-refractivity contribution in [2.24, 2.45) is 0 Å². The summed E-state index contributed by atoms with van der Waals surface area (Å²) in [5.74, 6) is 1.87.